The van der Waals surface area contributed by atoms with Crippen molar-refractivity contribution in [2.75, 3.05) is 18.5 Å². The molecule has 1 N–H and O–H groups in total. The molecule has 0 aliphatic heterocycles. The summed E-state index contributed by atoms with van der Waals surface area (Å²) in [5.41, 5.74) is -0.160. The molecule has 0 aliphatic carbocycles. The molecule has 0 atom stereocenters. The molecule has 4 nitrogen and oxygen atoms in total. The third kappa shape index (κ3) is 4.13. The minimum Gasteiger partial charge on any atom is -0.374 e. The first-order valence-corrected chi connectivity index (χ1v) is 6.05. The second-order valence-electron chi connectivity index (χ2n) is 3.92. The van der Waals surface area contributed by atoms with Crippen molar-refractivity contribution in [1.82, 2.24) is 9.36 Å². The Balaban J connectivity index is 2.42. The first-order chi connectivity index (χ1) is 7.07. The van der Waals surface area contributed by atoms with E-state index in [0.717, 1.165) is 30.5 Å². The average Bonchev–Trinajstić information content (AvgIpc) is 2.62. The van der Waals surface area contributed by atoms with Crippen LogP contribution in [-0.4, -0.2) is 28.1 Å². The fourth-order valence-electron chi connectivity index (χ4n) is 1.20. The van der Waals surface area contributed by atoms with Crippen molar-refractivity contribution in [1.29, 1.82) is 0 Å². The van der Waals surface area contributed by atoms with E-state index in [1.165, 1.54) is 11.5 Å². The van der Waals surface area contributed by atoms with Gasteiger partial charge in [-0.1, -0.05) is 6.92 Å². The summed E-state index contributed by atoms with van der Waals surface area (Å²) in [5.74, 6) is 0.900. The molecule has 1 heterocycles. The van der Waals surface area contributed by atoms with Gasteiger partial charge in [0.15, 0.2) is 0 Å². The van der Waals surface area contributed by atoms with Crippen LogP contribution in [0.15, 0.2) is 0 Å². The standard InChI is InChI=1S/C10H19N3OS/c1-5-8-12-9(15-13-8)11-7-10(3,4)14-6-2/h5-7H2,1-4H3,(H,11,12,13). The highest BCUT2D eigenvalue weighted by atomic mass is 32.1. The highest BCUT2D eigenvalue weighted by Gasteiger charge is 2.17. The van der Waals surface area contributed by atoms with E-state index in [9.17, 15) is 0 Å². The van der Waals surface area contributed by atoms with Crippen LogP contribution >= 0.6 is 11.5 Å². The molecule has 0 bridgehead atoms. The summed E-state index contributed by atoms with van der Waals surface area (Å²) in [5, 5.41) is 4.12. The van der Waals surface area contributed by atoms with Crippen LogP contribution in [0.3, 0.4) is 0 Å². The summed E-state index contributed by atoms with van der Waals surface area (Å²) in [7, 11) is 0. The van der Waals surface area contributed by atoms with E-state index in [2.05, 4.69) is 35.4 Å². The summed E-state index contributed by atoms with van der Waals surface area (Å²) in [6.07, 6.45) is 0.882. The predicted molar refractivity (Wildman–Crippen MR) is 63.5 cm³/mol. The molecular formula is C10H19N3OS. The van der Waals surface area contributed by atoms with E-state index >= 15 is 0 Å². The smallest absolute Gasteiger partial charge is 0.202 e. The molecule has 1 rings (SSSR count). The topological polar surface area (TPSA) is 47.0 Å². The van der Waals surface area contributed by atoms with Gasteiger partial charge in [0, 0.05) is 31.1 Å². The van der Waals surface area contributed by atoms with Crippen molar-refractivity contribution in [3.8, 4) is 0 Å². The van der Waals surface area contributed by atoms with Crippen LogP contribution in [0.25, 0.3) is 0 Å². The molecule has 0 radical (unpaired) electrons. The van der Waals surface area contributed by atoms with E-state index in [0.29, 0.717) is 0 Å². The lowest BCUT2D eigenvalue weighted by Crippen LogP contribution is -2.33. The second kappa shape index (κ2) is 5.42. The van der Waals surface area contributed by atoms with E-state index in [1.807, 2.05) is 6.92 Å². The molecule has 0 aromatic carbocycles. The van der Waals surface area contributed by atoms with E-state index in [-0.39, 0.29) is 5.60 Å². The number of ether oxygens (including phenoxy) is 1. The quantitative estimate of drug-likeness (QED) is 0.813. The van der Waals surface area contributed by atoms with E-state index in [4.69, 9.17) is 4.74 Å². The SMILES string of the molecule is CCOC(C)(C)CNc1nc(CC)ns1. The largest absolute Gasteiger partial charge is 0.374 e. The number of anilines is 1. The van der Waals surface area contributed by atoms with Gasteiger partial charge in [-0.05, 0) is 20.8 Å². The van der Waals surface area contributed by atoms with Gasteiger partial charge in [-0.15, -0.1) is 0 Å². The van der Waals surface area contributed by atoms with Crippen LogP contribution in [0, 0.1) is 0 Å². The summed E-state index contributed by atoms with van der Waals surface area (Å²) >= 11 is 1.41. The predicted octanol–water partition coefficient (Wildman–Crippen LogP) is 2.33. The Morgan fingerprint density at radius 3 is 2.67 bits per heavy atom. The maximum Gasteiger partial charge on any atom is 0.202 e. The zero-order valence-corrected chi connectivity index (χ0v) is 10.6. The summed E-state index contributed by atoms with van der Waals surface area (Å²) in [6.45, 7) is 9.65. The van der Waals surface area contributed by atoms with E-state index < -0.39 is 0 Å². The molecule has 1 aromatic heterocycles. The number of nitrogens with one attached hydrogen (secondary N) is 1. The van der Waals surface area contributed by atoms with E-state index in [1.54, 1.807) is 0 Å². The molecule has 0 saturated carbocycles. The highest BCUT2D eigenvalue weighted by molar-refractivity contribution is 7.09. The van der Waals surface area contributed by atoms with Crippen molar-refractivity contribution in [2.45, 2.75) is 39.7 Å². The number of nitrogens with zero attached hydrogens (tertiary/aromatic N) is 2. The number of hydrogen-bond donors (Lipinski definition) is 1. The lowest BCUT2D eigenvalue weighted by atomic mass is 10.1. The molecule has 1 aromatic rings. The van der Waals surface area contributed by atoms with Gasteiger partial charge in [0.2, 0.25) is 5.13 Å². The molecule has 5 heteroatoms. The third-order valence-corrected chi connectivity index (χ3v) is 2.70. The Bertz CT molecular complexity index is 299. The monoisotopic (exact) mass is 229 g/mol. The fraction of sp³-hybridized carbons (Fsp3) is 0.800. The number of rotatable bonds is 6. The molecule has 0 spiro atoms. The van der Waals surface area contributed by atoms with Gasteiger partial charge >= 0.3 is 0 Å². The van der Waals surface area contributed by atoms with Crippen LogP contribution < -0.4 is 5.32 Å². The Morgan fingerprint density at radius 1 is 1.40 bits per heavy atom. The Hall–Kier alpha value is -0.680. The zero-order valence-electron chi connectivity index (χ0n) is 9.83. The first-order valence-electron chi connectivity index (χ1n) is 5.28. The lowest BCUT2D eigenvalue weighted by Gasteiger charge is -2.24. The van der Waals surface area contributed by atoms with Crippen molar-refractivity contribution < 1.29 is 4.74 Å². The first kappa shape index (κ1) is 12.4. The minimum absolute atomic E-state index is 0.160. The molecule has 0 unspecified atom stereocenters. The van der Waals surface area contributed by atoms with Gasteiger partial charge in [-0.2, -0.15) is 4.37 Å². The van der Waals surface area contributed by atoms with Crippen LogP contribution in [-0.2, 0) is 11.2 Å². The molecule has 0 aliphatic rings. The Labute approximate surface area is 95.2 Å². The van der Waals surface area contributed by atoms with Crippen molar-refractivity contribution in [2.24, 2.45) is 0 Å². The average molecular weight is 229 g/mol. The second-order valence-corrected chi connectivity index (χ2v) is 4.67. The Kier molecular flexibility index (Phi) is 4.47. The third-order valence-electron chi connectivity index (χ3n) is 1.98. The minimum atomic E-state index is -0.160. The number of aryl methyl sites for hydroxylation is 1. The number of hydrogen-bond acceptors (Lipinski definition) is 5. The zero-order chi connectivity index (χ0) is 11.3. The summed E-state index contributed by atoms with van der Waals surface area (Å²) in [4.78, 5) is 4.33. The van der Waals surface area contributed by atoms with Crippen LogP contribution in [0.2, 0.25) is 0 Å². The maximum absolute atomic E-state index is 5.58. The molecular weight excluding hydrogens is 210 g/mol. The fourth-order valence-corrected chi connectivity index (χ4v) is 1.84. The molecule has 0 amide bonds. The van der Waals surface area contributed by atoms with Crippen LogP contribution in [0.5, 0.6) is 0 Å². The van der Waals surface area contributed by atoms with Gasteiger partial charge < -0.3 is 10.1 Å². The maximum atomic E-state index is 5.58. The molecule has 86 valence electrons. The van der Waals surface area contributed by atoms with Crippen LogP contribution in [0.1, 0.15) is 33.5 Å². The van der Waals surface area contributed by atoms with Gasteiger partial charge in [0.1, 0.15) is 5.82 Å². The van der Waals surface area contributed by atoms with Crippen molar-refractivity contribution >= 4 is 16.7 Å². The highest BCUT2D eigenvalue weighted by Crippen LogP contribution is 2.14. The summed E-state index contributed by atoms with van der Waals surface area (Å²) < 4.78 is 9.79. The lowest BCUT2D eigenvalue weighted by molar-refractivity contribution is 0.000694. The molecule has 0 saturated heterocycles. The Morgan fingerprint density at radius 2 is 2.13 bits per heavy atom. The van der Waals surface area contributed by atoms with Crippen molar-refractivity contribution in [3.63, 3.8) is 0 Å². The summed E-state index contributed by atoms with van der Waals surface area (Å²) in [6, 6.07) is 0. The van der Waals surface area contributed by atoms with Crippen molar-refractivity contribution in [3.05, 3.63) is 5.82 Å². The van der Waals surface area contributed by atoms with Crippen LogP contribution in [0.4, 0.5) is 5.13 Å². The molecule has 15 heavy (non-hydrogen) atoms. The molecule has 0 fully saturated rings. The number of aromatic nitrogens is 2. The van der Waals surface area contributed by atoms with Gasteiger partial charge in [-0.3, -0.25) is 0 Å². The van der Waals surface area contributed by atoms with Gasteiger partial charge in [-0.25, -0.2) is 4.98 Å². The van der Waals surface area contributed by atoms with Gasteiger partial charge in [0.05, 0.1) is 5.60 Å². The normalized spacial score (nSPS) is 11.7. The van der Waals surface area contributed by atoms with Gasteiger partial charge in [0.25, 0.3) is 0 Å².